The van der Waals surface area contributed by atoms with E-state index in [1.165, 1.54) is 19.3 Å². The molecule has 2 N–H and O–H groups in total. The number of nitrogens with one attached hydrogen (secondary N) is 2. The second-order valence-corrected chi connectivity index (χ2v) is 11.5. The van der Waals surface area contributed by atoms with E-state index in [9.17, 15) is 9.59 Å². The minimum Gasteiger partial charge on any atom is -0.495 e. The van der Waals surface area contributed by atoms with E-state index in [0.29, 0.717) is 35.5 Å². The Morgan fingerprint density at radius 2 is 1.92 bits per heavy atom. The maximum Gasteiger partial charge on any atom is 0.251 e. The Bertz CT molecular complexity index is 1230. The Morgan fingerprint density at radius 1 is 1.18 bits per heavy atom. The van der Waals surface area contributed by atoms with E-state index >= 15 is 0 Å². The van der Waals surface area contributed by atoms with Crippen LogP contribution in [0.5, 0.6) is 5.75 Å². The molecule has 1 aromatic carbocycles. The molecule has 1 aromatic heterocycles. The summed E-state index contributed by atoms with van der Waals surface area (Å²) in [5, 5.41) is 6.36. The number of carbonyl (C=O) groups excluding carboxylic acids is 2. The fraction of sp³-hybridized carbons (Fsp3) is 0.586. The van der Waals surface area contributed by atoms with Crippen molar-refractivity contribution in [3.05, 3.63) is 30.0 Å². The molecule has 0 spiro atoms. The number of ether oxygens (including phenoxy) is 1. The third-order valence-corrected chi connectivity index (χ3v) is 8.63. The Morgan fingerprint density at radius 3 is 2.59 bits per heavy atom. The largest absolute Gasteiger partial charge is 0.495 e. The first-order valence-electron chi connectivity index (χ1n) is 14.1. The van der Waals surface area contributed by atoms with Crippen LogP contribution < -0.4 is 25.2 Å². The van der Waals surface area contributed by atoms with E-state index in [4.69, 9.17) is 9.72 Å². The van der Waals surface area contributed by atoms with Gasteiger partial charge < -0.3 is 30.1 Å². The Balaban J connectivity index is 1.43. The maximum absolute atomic E-state index is 13.5. The molecule has 1 atom stereocenters. The van der Waals surface area contributed by atoms with Crippen molar-refractivity contribution in [1.29, 1.82) is 0 Å². The molecule has 1 aliphatic carbocycles. The van der Waals surface area contributed by atoms with Gasteiger partial charge in [-0.1, -0.05) is 26.2 Å². The molecular formula is C29H41N7O3. The molecule has 2 fully saturated rings. The van der Waals surface area contributed by atoms with Crippen molar-refractivity contribution in [2.75, 3.05) is 56.0 Å². The van der Waals surface area contributed by atoms with Crippen LogP contribution in [0.15, 0.2) is 24.4 Å². The second kappa shape index (κ2) is 11.0. The summed E-state index contributed by atoms with van der Waals surface area (Å²) < 4.78 is 5.62. The smallest absolute Gasteiger partial charge is 0.251 e. The number of amides is 2. The summed E-state index contributed by atoms with van der Waals surface area (Å²) in [6.45, 7) is 6.49. The first kappa shape index (κ1) is 27.2. The molecule has 1 saturated heterocycles. The lowest BCUT2D eigenvalue weighted by atomic mass is 9.84. The zero-order valence-corrected chi connectivity index (χ0v) is 23.8. The Labute approximate surface area is 231 Å². The normalized spacial score (nSPS) is 22.6. The van der Waals surface area contributed by atoms with Gasteiger partial charge in [-0.15, -0.1) is 0 Å². The molecular weight excluding hydrogens is 494 g/mol. The highest BCUT2D eigenvalue weighted by atomic mass is 16.5. The number of nitrogens with zero attached hydrogens (tertiary/aromatic N) is 5. The van der Waals surface area contributed by atoms with Crippen LogP contribution in [0.25, 0.3) is 0 Å². The number of benzene rings is 1. The van der Waals surface area contributed by atoms with Crippen LogP contribution >= 0.6 is 0 Å². The van der Waals surface area contributed by atoms with Gasteiger partial charge in [-0.05, 0) is 51.4 Å². The summed E-state index contributed by atoms with van der Waals surface area (Å²) in [6.07, 6.45) is 8.31. The Kier molecular flexibility index (Phi) is 7.66. The van der Waals surface area contributed by atoms with Crippen LogP contribution in [0.2, 0.25) is 0 Å². The molecule has 0 radical (unpaired) electrons. The number of hydrogen-bond donors (Lipinski definition) is 2. The van der Waals surface area contributed by atoms with Crippen LogP contribution in [-0.2, 0) is 4.79 Å². The number of rotatable bonds is 7. The topological polar surface area (TPSA) is 103 Å². The fourth-order valence-electron chi connectivity index (χ4n) is 5.98. The Hall–Kier alpha value is -3.40. The molecule has 3 heterocycles. The van der Waals surface area contributed by atoms with Crippen LogP contribution in [0.3, 0.4) is 0 Å². The highest BCUT2D eigenvalue weighted by Gasteiger charge is 2.43. The quantitative estimate of drug-likeness (QED) is 0.552. The van der Waals surface area contributed by atoms with Crippen molar-refractivity contribution >= 4 is 35.0 Å². The number of carbonyl (C=O) groups is 2. The third-order valence-electron chi connectivity index (χ3n) is 8.63. The van der Waals surface area contributed by atoms with Crippen LogP contribution in [0.1, 0.15) is 62.7 Å². The van der Waals surface area contributed by atoms with E-state index in [-0.39, 0.29) is 17.9 Å². The van der Waals surface area contributed by atoms with Gasteiger partial charge in [-0.3, -0.25) is 9.59 Å². The zero-order chi connectivity index (χ0) is 27.7. The lowest BCUT2D eigenvalue weighted by Gasteiger charge is -2.38. The van der Waals surface area contributed by atoms with Crippen molar-refractivity contribution in [2.45, 2.75) is 64.5 Å². The highest BCUT2D eigenvalue weighted by molar-refractivity contribution is 6.01. The predicted molar refractivity (Wildman–Crippen MR) is 153 cm³/mol. The van der Waals surface area contributed by atoms with Crippen LogP contribution in [0, 0.1) is 5.41 Å². The number of aromatic nitrogens is 2. The van der Waals surface area contributed by atoms with Crippen LogP contribution in [0.4, 0.5) is 23.1 Å². The summed E-state index contributed by atoms with van der Waals surface area (Å²) in [7, 11) is 5.44. The van der Waals surface area contributed by atoms with E-state index in [2.05, 4.69) is 39.3 Å². The number of hydrogen-bond acceptors (Lipinski definition) is 8. The molecule has 3 aliphatic rings. The van der Waals surface area contributed by atoms with Crippen LogP contribution in [-0.4, -0.2) is 79.6 Å². The average molecular weight is 536 g/mol. The number of fused-ring (bicyclic) bond motifs is 1. The molecule has 10 nitrogen and oxygen atoms in total. The standard InChI is InChI=1S/C29H41N7O3/c1-6-29(2)18-36(21-10-8-7-9-11-21)25-23(35(4)27(29)38)15-30-28(33-25)32-22-13-12-19(14-24(22)39-5)26(37)31-20-16-34(3)17-20/h12-15,20-21H,6-11,16-18H2,1-5H3,(H,31,37)(H,30,32,33). The van der Waals surface area contributed by atoms with E-state index in [1.807, 2.05) is 20.2 Å². The van der Waals surface area contributed by atoms with E-state index in [1.54, 1.807) is 30.3 Å². The summed E-state index contributed by atoms with van der Waals surface area (Å²) in [5.41, 5.74) is 1.43. The molecule has 10 heteroatoms. The molecule has 5 rings (SSSR count). The summed E-state index contributed by atoms with van der Waals surface area (Å²) in [6, 6.07) is 5.84. The number of methoxy groups -OCH3 is 1. The van der Waals surface area contributed by atoms with E-state index < -0.39 is 5.41 Å². The maximum atomic E-state index is 13.5. The average Bonchev–Trinajstić information content (AvgIpc) is 3.02. The minimum atomic E-state index is -0.505. The zero-order valence-electron chi connectivity index (χ0n) is 23.8. The van der Waals surface area contributed by atoms with Crippen molar-refractivity contribution in [3.8, 4) is 5.75 Å². The van der Waals surface area contributed by atoms with Gasteiger partial charge in [0.1, 0.15) is 11.4 Å². The summed E-state index contributed by atoms with van der Waals surface area (Å²) in [5.74, 6) is 1.71. The molecule has 39 heavy (non-hydrogen) atoms. The van der Waals surface area contributed by atoms with Crippen molar-refractivity contribution in [3.63, 3.8) is 0 Å². The van der Waals surface area contributed by atoms with Gasteiger partial charge >= 0.3 is 0 Å². The summed E-state index contributed by atoms with van der Waals surface area (Å²) >= 11 is 0. The van der Waals surface area contributed by atoms with Gasteiger partial charge in [0.25, 0.3) is 5.91 Å². The van der Waals surface area contributed by atoms with Gasteiger partial charge in [-0.2, -0.15) is 4.98 Å². The number of likely N-dealkylation sites (N-methyl/N-ethyl adjacent to an activating group) is 1. The molecule has 2 aliphatic heterocycles. The lowest BCUT2D eigenvalue weighted by molar-refractivity contribution is -0.126. The van der Waals surface area contributed by atoms with Crippen molar-refractivity contribution in [2.24, 2.45) is 5.41 Å². The number of anilines is 4. The van der Waals surface area contributed by atoms with Gasteiger partial charge in [0, 0.05) is 38.3 Å². The van der Waals surface area contributed by atoms with Gasteiger partial charge in [0.15, 0.2) is 5.82 Å². The fourth-order valence-corrected chi connectivity index (χ4v) is 5.98. The van der Waals surface area contributed by atoms with Gasteiger partial charge in [-0.25, -0.2) is 4.98 Å². The molecule has 1 saturated carbocycles. The van der Waals surface area contributed by atoms with Crippen molar-refractivity contribution in [1.82, 2.24) is 20.2 Å². The summed E-state index contributed by atoms with van der Waals surface area (Å²) in [4.78, 5) is 42.1. The monoisotopic (exact) mass is 535 g/mol. The molecule has 2 amide bonds. The van der Waals surface area contributed by atoms with Crippen molar-refractivity contribution < 1.29 is 14.3 Å². The minimum absolute atomic E-state index is 0.0953. The van der Waals surface area contributed by atoms with E-state index in [0.717, 1.165) is 43.9 Å². The predicted octanol–water partition coefficient (Wildman–Crippen LogP) is 3.80. The third kappa shape index (κ3) is 5.39. The lowest BCUT2D eigenvalue weighted by Crippen LogP contribution is -2.57. The number of likely N-dealkylation sites (tertiary alicyclic amines) is 1. The van der Waals surface area contributed by atoms with Gasteiger partial charge in [0.2, 0.25) is 11.9 Å². The second-order valence-electron chi connectivity index (χ2n) is 11.5. The SMILES string of the molecule is CCC1(C)CN(C2CCCCC2)c2nc(Nc3ccc(C(=O)NC4CN(C)C4)cc3OC)ncc2N(C)C1=O. The molecule has 1 unspecified atom stereocenters. The molecule has 2 aromatic rings. The molecule has 0 bridgehead atoms. The first-order valence-corrected chi connectivity index (χ1v) is 14.1. The van der Waals surface area contributed by atoms with Gasteiger partial charge in [0.05, 0.1) is 30.5 Å². The highest BCUT2D eigenvalue weighted by Crippen LogP contribution is 2.41. The molecule has 210 valence electrons. The first-order chi connectivity index (χ1) is 18.7.